The molecule has 2 aliphatic heterocycles. The van der Waals surface area contributed by atoms with E-state index in [-0.39, 0.29) is 24.6 Å². The van der Waals surface area contributed by atoms with Crippen molar-refractivity contribution in [1.29, 1.82) is 0 Å². The molecule has 130 valence electrons. The second-order valence-corrected chi connectivity index (χ2v) is 5.90. The van der Waals surface area contributed by atoms with E-state index in [0.717, 1.165) is 5.01 Å². The Morgan fingerprint density at radius 2 is 1.88 bits per heavy atom. The van der Waals surface area contributed by atoms with Crippen molar-refractivity contribution in [2.45, 2.75) is 6.54 Å². The molecular weight excluding hydrogens is 339 g/mol. The van der Waals surface area contributed by atoms with Crippen molar-refractivity contribution in [3.05, 3.63) is 65.5 Å². The van der Waals surface area contributed by atoms with Gasteiger partial charge >= 0.3 is 6.03 Å². The number of carbonyl (C=O) groups is 3. The van der Waals surface area contributed by atoms with Crippen LogP contribution in [0.5, 0.6) is 0 Å². The summed E-state index contributed by atoms with van der Waals surface area (Å²) < 4.78 is 13.5. The summed E-state index contributed by atoms with van der Waals surface area (Å²) in [4.78, 5) is 37.4. The Bertz CT molecular complexity index is 972. The average Bonchev–Trinajstić information content (AvgIpc) is 3.06. The van der Waals surface area contributed by atoms with Gasteiger partial charge in [0, 0.05) is 5.56 Å². The predicted molar refractivity (Wildman–Crippen MR) is 90.8 cm³/mol. The number of halogens is 1. The number of amides is 4. The number of urea groups is 1. The third kappa shape index (κ3) is 2.71. The van der Waals surface area contributed by atoms with Crippen LogP contribution in [-0.2, 0) is 16.1 Å². The third-order valence-electron chi connectivity index (χ3n) is 4.12. The summed E-state index contributed by atoms with van der Waals surface area (Å²) in [5, 5.41) is 7.13. The van der Waals surface area contributed by atoms with Crippen LogP contribution in [0.15, 0.2) is 53.6 Å². The van der Waals surface area contributed by atoms with Crippen molar-refractivity contribution < 1.29 is 18.8 Å². The molecule has 4 amide bonds. The fourth-order valence-electron chi connectivity index (χ4n) is 2.97. The molecule has 0 spiro atoms. The van der Waals surface area contributed by atoms with Crippen LogP contribution in [0.1, 0.15) is 11.1 Å². The molecule has 7 nitrogen and oxygen atoms in total. The largest absolute Gasteiger partial charge is 0.345 e. The Morgan fingerprint density at radius 3 is 2.62 bits per heavy atom. The standard InChI is InChI=1S/C18H13FN4O3/c19-12-5-3-4-11(8-12)9-22-14-7-2-1-6-13(14)16(17(22)25)21-23-10-15(24)20-18(23)26/h1-8H,9-10H2,(H,20,24,26)/b21-16-. The molecule has 2 aliphatic rings. The number of carbonyl (C=O) groups excluding carboxylic acids is 3. The fourth-order valence-corrected chi connectivity index (χ4v) is 2.97. The van der Waals surface area contributed by atoms with Gasteiger partial charge in [-0.2, -0.15) is 5.10 Å². The van der Waals surface area contributed by atoms with Crippen molar-refractivity contribution in [1.82, 2.24) is 10.3 Å². The number of hydrazone groups is 1. The Morgan fingerprint density at radius 1 is 1.08 bits per heavy atom. The van der Waals surface area contributed by atoms with Crippen LogP contribution in [0.25, 0.3) is 0 Å². The summed E-state index contributed by atoms with van der Waals surface area (Å²) >= 11 is 0. The van der Waals surface area contributed by atoms with E-state index < -0.39 is 17.8 Å². The molecule has 8 heteroatoms. The van der Waals surface area contributed by atoms with E-state index >= 15 is 0 Å². The lowest BCUT2D eigenvalue weighted by Gasteiger charge is -2.17. The van der Waals surface area contributed by atoms with E-state index in [1.165, 1.54) is 17.0 Å². The van der Waals surface area contributed by atoms with Crippen LogP contribution in [0, 0.1) is 5.82 Å². The van der Waals surface area contributed by atoms with Crippen LogP contribution in [-0.4, -0.2) is 35.1 Å². The van der Waals surface area contributed by atoms with Crippen LogP contribution in [0.2, 0.25) is 0 Å². The Hall–Kier alpha value is -3.55. The second-order valence-electron chi connectivity index (χ2n) is 5.90. The van der Waals surface area contributed by atoms with Crippen molar-refractivity contribution in [3.63, 3.8) is 0 Å². The Labute approximate surface area is 147 Å². The van der Waals surface area contributed by atoms with Gasteiger partial charge in [0.15, 0.2) is 5.71 Å². The van der Waals surface area contributed by atoms with Crippen LogP contribution in [0.4, 0.5) is 14.9 Å². The average molecular weight is 352 g/mol. The molecule has 2 heterocycles. The van der Waals surface area contributed by atoms with Gasteiger partial charge in [0.25, 0.3) is 5.91 Å². The molecular formula is C18H13FN4O3. The van der Waals surface area contributed by atoms with E-state index in [0.29, 0.717) is 16.8 Å². The molecule has 2 aromatic rings. The van der Waals surface area contributed by atoms with Crippen LogP contribution >= 0.6 is 0 Å². The monoisotopic (exact) mass is 352 g/mol. The maximum atomic E-state index is 13.5. The van der Waals surface area contributed by atoms with Gasteiger partial charge in [0.2, 0.25) is 5.91 Å². The van der Waals surface area contributed by atoms with E-state index in [9.17, 15) is 18.8 Å². The summed E-state index contributed by atoms with van der Waals surface area (Å²) in [5.74, 6) is -1.28. The number of nitrogens with zero attached hydrogens (tertiary/aromatic N) is 3. The zero-order valence-electron chi connectivity index (χ0n) is 13.5. The van der Waals surface area contributed by atoms with Gasteiger partial charge < -0.3 is 4.90 Å². The summed E-state index contributed by atoms with van der Waals surface area (Å²) in [7, 11) is 0. The maximum Gasteiger partial charge on any atom is 0.345 e. The van der Waals surface area contributed by atoms with Gasteiger partial charge in [0.1, 0.15) is 12.4 Å². The quantitative estimate of drug-likeness (QED) is 0.853. The Balaban J connectivity index is 1.71. The van der Waals surface area contributed by atoms with Crippen LogP contribution in [0.3, 0.4) is 0 Å². The van der Waals surface area contributed by atoms with E-state index in [1.54, 1.807) is 36.4 Å². The molecule has 0 aromatic heterocycles. The normalized spacial score (nSPS) is 17.9. The van der Waals surface area contributed by atoms with Gasteiger partial charge in [-0.25, -0.2) is 14.2 Å². The molecule has 1 saturated heterocycles. The van der Waals surface area contributed by atoms with E-state index in [4.69, 9.17) is 0 Å². The lowest BCUT2D eigenvalue weighted by Crippen LogP contribution is -2.32. The highest BCUT2D eigenvalue weighted by Gasteiger charge is 2.36. The first-order valence-corrected chi connectivity index (χ1v) is 7.88. The highest BCUT2D eigenvalue weighted by molar-refractivity contribution is 6.54. The lowest BCUT2D eigenvalue weighted by molar-refractivity contribution is -0.118. The topological polar surface area (TPSA) is 82.1 Å². The molecule has 26 heavy (non-hydrogen) atoms. The molecule has 0 unspecified atom stereocenters. The van der Waals surface area contributed by atoms with Crippen molar-refractivity contribution in [2.75, 3.05) is 11.4 Å². The zero-order chi connectivity index (χ0) is 18.3. The first-order valence-electron chi connectivity index (χ1n) is 7.88. The minimum Gasteiger partial charge on any atom is -0.302 e. The second kappa shape index (κ2) is 6.07. The molecule has 0 radical (unpaired) electrons. The number of imide groups is 1. The summed E-state index contributed by atoms with van der Waals surface area (Å²) in [5.41, 5.74) is 1.87. The number of rotatable bonds is 3. The SMILES string of the molecule is O=C1CN(/N=C2\C(=O)N(Cc3cccc(F)c3)c3ccccc32)C(=O)N1. The van der Waals surface area contributed by atoms with Gasteiger partial charge in [-0.15, -0.1) is 0 Å². The lowest BCUT2D eigenvalue weighted by atomic mass is 10.1. The molecule has 0 bridgehead atoms. The van der Waals surface area contributed by atoms with Crippen molar-refractivity contribution in [2.24, 2.45) is 5.10 Å². The predicted octanol–water partition coefficient (Wildman–Crippen LogP) is 1.63. The molecule has 4 rings (SSSR count). The number of hydrogen-bond donors (Lipinski definition) is 1. The maximum absolute atomic E-state index is 13.5. The third-order valence-corrected chi connectivity index (χ3v) is 4.12. The molecule has 0 aliphatic carbocycles. The fraction of sp³-hybridized carbons (Fsp3) is 0.111. The number of para-hydroxylation sites is 1. The first-order chi connectivity index (χ1) is 12.5. The molecule has 1 fully saturated rings. The molecule has 0 atom stereocenters. The van der Waals surface area contributed by atoms with Gasteiger partial charge in [0.05, 0.1) is 12.2 Å². The van der Waals surface area contributed by atoms with Gasteiger partial charge in [-0.3, -0.25) is 14.9 Å². The molecule has 2 aromatic carbocycles. The number of anilines is 1. The van der Waals surface area contributed by atoms with Gasteiger partial charge in [-0.05, 0) is 23.8 Å². The summed E-state index contributed by atoms with van der Waals surface area (Å²) in [6, 6.07) is 12.3. The summed E-state index contributed by atoms with van der Waals surface area (Å²) in [6.07, 6.45) is 0. The number of fused-ring (bicyclic) bond motifs is 1. The number of hydrogen-bond acceptors (Lipinski definition) is 4. The number of nitrogens with one attached hydrogen (secondary N) is 1. The van der Waals surface area contributed by atoms with E-state index in [2.05, 4.69) is 10.4 Å². The molecule has 1 N–H and O–H groups in total. The minimum absolute atomic E-state index is 0.0712. The summed E-state index contributed by atoms with van der Waals surface area (Å²) in [6.45, 7) is -0.0700. The Kier molecular flexibility index (Phi) is 3.72. The minimum atomic E-state index is -0.670. The highest BCUT2D eigenvalue weighted by atomic mass is 19.1. The van der Waals surface area contributed by atoms with E-state index in [1.807, 2.05) is 0 Å². The van der Waals surface area contributed by atoms with Crippen molar-refractivity contribution in [3.8, 4) is 0 Å². The number of benzene rings is 2. The first kappa shape index (κ1) is 15.9. The zero-order valence-corrected chi connectivity index (χ0v) is 13.5. The molecule has 0 saturated carbocycles. The van der Waals surface area contributed by atoms with Crippen molar-refractivity contribution >= 4 is 29.2 Å². The van der Waals surface area contributed by atoms with Crippen LogP contribution < -0.4 is 10.2 Å². The van der Waals surface area contributed by atoms with Gasteiger partial charge in [-0.1, -0.05) is 30.3 Å². The highest BCUT2D eigenvalue weighted by Crippen LogP contribution is 2.31. The smallest absolute Gasteiger partial charge is 0.302 e.